The van der Waals surface area contributed by atoms with Gasteiger partial charge in [0.25, 0.3) is 0 Å². The lowest BCUT2D eigenvalue weighted by atomic mass is 10.3. The summed E-state index contributed by atoms with van der Waals surface area (Å²) >= 11 is 5.06. The molecule has 0 radical (unpaired) electrons. The molecule has 110 valence electrons. The molecule has 1 rings (SSSR count). The van der Waals surface area contributed by atoms with Crippen molar-refractivity contribution >= 4 is 29.0 Å². The number of thiocarbonyl (C=S) groups is 1. The number of anilines is 1. The van der Waals surface area contributed by atoms with E-state index in [1.54, 1.807) is 0 Å². The van der Waals surface area contributed by atoms with E-state index in [0.717, 1.165) is 17.9 Å². The van der Waals surface area contributed by atoms with Gasteiger partial charge in [0.05, 0.1) is 12.5 Å². The first-order valence-corrected chi connectivity index (χ1v) is 6.95. The molecule has 1 aromatic rings. The smallest absolute Gasteiger partial charge is 0.305 e. The van der Waals surface area contributed by atoms with Crippen LogP contribution in [-0.2, 0) is 4.79 Å². The zero-order chi connectivity index (χ0) is 15.0. The summed E-state index contributed by atoms with van der Waals surface area (Å²) in [5.74, 6) is -0.0403. The van der Waals surface area contributed by atoms with Crippen LogP contribution < -0.4 is 15.4 Å². The topological polar surface area (TPSA) is 70.6 Å². The Bertz CT molecular complexity index is 448. The van der Waals surface area contributed by atoms with Gasteiger partial charge in [-0.25, -0.2) is 0 Å². The minimum atomic E-state index is -0.855. The number of rotatable bonds is 7. The highest BCUT2D eigenvalue weighted by Gasteiger charge is 2.02. The number of aliphatic carboxylic acids is 1. The molecule has 1 atom stereocenters. The van der Waals surface area contributed by atoms with Crippen LogP contribution in [-0.4, -0.2) is 28.8 Å². The molecule has 1 unspecified atom stereocenters. The second kappa shape index (κ2) is 8.37. The fourth-order valence-electron chi connectivity index (χ4n) is 1.39. The highest BCUT2D eigenvalue weighted by molar-refractivity contribution is 7.80. The third-order valence-corrected chi connectivity index (χ3v) is 2.90. The van der Waals surface area contributed by atoms with Crippen LogP contribution in [0.25, 0.3) is 0 Å². The number of carboxylic acid groups (broad SMARTS) is 1. The summed E-state index contributed by atoms with van der Waals surface area (Å²) in [6.45, 7) is 4.39. The fourth-order valence-corrected chi connectivity index (χ4v) is 1.61. The first kappa shape index (κ1) is 16.2. The van der Waals surface area contributed by atoms with Gasteiger partial charge in [0.1, 0.15) is 5.75 Å². The molecule has 3 N–H and O–H groups in total. The van der Waals surface area contributed by atoms with Crippen molar-refractivity contribution in [2.45, 2.75) is 32.8 Å². The second-order valence-electron chi connectivity index (χ2n) is 4.39. The summed E-state index contributed by atoms with van der Waals surface area (Å²) in [6.07, 6.45) is 1.17. The van der Waals surface area contributed by atoms with Gasteiger partial charge in [0, 0.05) is 12.2 Å². The highest BCUT2D eigenvalue weighted by Crippen LogP contribution is 2.17. The zero-order valence-corrected chi connectivity index (χ0v) is 12.5. The highest BCUT2D eigenvalue weighted by atomic mass is 32.1. The lowest BCUT2D eigenvalue weighted by molar-refractivity contribution is -0.136. The second-order valence-corrected chi connectivity index (χ2v) is 4.79. The standard InChI is InChI=1S/C14H20N2O3S/c1-3-10(2)19-12-6-4-11(5-7-12)16-14(20)15-9-8-13(17)18/h4-7,10H,3,8-9H2,1-2H3,(H,17,18)(H2,15,16,20). The molecule has 0 amide bonds. The van der Waals surface area contributed by atoms with Crippen molar-refractivity contribution in [3.05, 3.63) is 24.3 Å². The van der Waals surface area contributed by atoms with Crippen LogP contribution in [0.15, 0.2) is 24.3 Å². The van der Waals surface area contributed by atoms with Gasteiger partial charge in [-0.3, -0.25) is 4.79 Å². The van der Waals surface area contributed by atoms with Crippen molar-refractivity contribution in [2.24, 2.45) is 0 Å². The van der Waals surface area contributed by atoms with Crippen LogP contribution in [0.2, 0.25) is 0 Å². The van der Waals surface area contributed by atoms with Crippen LogP contribution in [0, 0.1) is 0 Å². The predicted octanol–water partition coefficient (Wildman–Crippen LogP) is 2.62. The number of benzene rings is 1. The summed E-state index contributed by atoms with van der Waals surface area (Å²) in [5.41, 5.74) is 0.828. The minimum Gasteiger partial charge on any atom is -0.491 e. The van der Waals surface area contributed by atoms with Gasteiger partial charge in [-0.2, -0.15) is 0 Å². The van der Waals surface area contributed by atoms with Crippen LogP contribution in [0.1, 0.15) is 26.7 Å². The van der Waals surface area contributed by atoms with Crippen LogP contribution in [0.5, 0.6) is 5.75 Å². The summed E-state index contributed by atoms with van der Waals surface area (Å²) in [4.78, 5) is 10.4. The molecule has 0 aliphatic rings. The first-order valence-electron chi connectivity index (χ1n) is 6.54. The number of nitrogens with one attached hydrogen (secondary N) is 2. The Labute approximate surface area is 124 Å². The SMILES string of the molecule is CCC(C)Oc1ccc(NC(=S)NCCC(=O)O)cc1. The molecule has 0 saturated carbocycles. The maximum Gasteiger partial charge on any atom is 0.305 e. The van der Waals surface area contributed by atoms with E-state index in [4.69, 9.17) is 22.1 Å². The number of ether oxygens (including phenoxy) is 1. The van der Waals surface area contributed by atoms with Gasteiger partial charge in [-0.05, 0) is 49.8 Å². The van der Waals surface area contributed by atoms with E-state index in [-0.39, 0.29) is 12.5 Å². The summed E-state index contributed by atoms with van der Waals surface area (Å²) in [6, 6.07) is 7.47. The molecular formula is C14H20N2O3S. The lowest BCUT2D eigenvalue weighted by Gasteiger charge is -2.13. The van der Waals surface area contributed by atoms with Crippen LogP contribution in [0.4, 0.5) is 5.69 Å². The Morgan fingerprint density at radius 2 is 2.05 bits per heavy atom. The van der Waals surface area contributed by atoms with E-state index in [9.17, 15) is 4.79 Å². The van der Waals surface area contributed by atoms with Crippen molar-refractivity contribution in [1.29, 1.82) is 0 Å². The largest absolute Gasteiger partial charge is 0.491 e. The van der Waals surface area contributed by atoms with E-state index in [0.29, 0.717) is 11.7 Å². The van der Waals surface area contributed by atoms with Gasteiger partial charge < -0.3 is 20.5 Å². The van der Waals surface area contributed by atoms with Crippen molar-refractivity contribution in [1.82, 2.24) is 5.32 Å². The van der Waals surface area contributed by atoms with Gasteiger partial charge >= 0.3 is 5.97 Å². The van der Waals surface area contributed by atoms with Crippen LogP contribution >= 0.6 is 12.2 Å². The number of hydrogen-bond donors (Lipinski definition) is 3. The Kier molecular flexibility index (Phi) is 6.79. The first-order chi connectivity index (χ1) is 9.51. The molecule has 6 heteroatoms. The lowest BCUT2D eigenvalue weighted by Crippen LogP contribution is -2.30. The summed E-state index contributed by atoms with van der Waals surface area (Å²) in [5, 5.41) is 14.7. The van der Waals surface area contributed by atoms with Crippen molar-refractivity contribution in [2.75, 3.05) is 11.9 Å². The molecule has 0 aliphatic heterocycles. The number of hydrogen-bond acceptors (Lipinski definition) is 3. The average molecular weight is 296 g/mol. The normalized spacial score (nSPS) is 11.5. The van der Waals surface area contributed by atoms with E-state index in [1.165, 1.54) is 0 Å². The van der Waals surface area contributed by atoms with Crippen molar-refractivity contribution in [3.63, 3.8) is 0 Å². The average Bonchev–Trinajstić information content (AvgIpc) is 2.40. The molecule has 0 spiro atoms. The predicted molar refractivity (Wildman–Crippen MR) is 83.3 cm³/mol. The van der Waals surface area contributed by atoms with Gasteiger partial charge in [-0.1, -0.05) is 6.92 Å². The summed E-state index contributed by atoms with van der Waals surface area (Å²) in [7, 11) is 0. The molecule has 5 nitrogen and oxygen atoms in total. The molecule has 0 bridgehead atoms. The van der Waals surface area contributed by atoms with Gasteiger partial charge in [-0.15, -0.1) is 0 Å². The maximum atomic E-state index is 10.4. The number of carboxylic acids is 1. The van der Waals surface area contributed by atoms with Crippen molar-refractivity contribution in [3.8, 4) is 5.75 Å². The Hall–Kier alpha value is -1.82. The maximum absolute atomic E-state index is 10.4. The van der Waals surface area contributed by atoms with E-state index >= 15 is 0 Å². The summed E-state index contributed by atoms with van der Waals surface area (Å²) < 4.78 is 5.67. The molecule has 0 aromatic heterocycles. The molecule has 20 heavy (non-hydrogen) atoms. The molecule has 1 aromatic carbocycles. The Morgan fingerprint density at radius 3 is 2.60 bits per heavy atom. The van der Waals surface area contributed by atoms with E-state index < -0.39 is 5.97 Å². The zero-order valence-electron chi connectivity index (χ0n) is 11.7. The monoisotopic (exact) mass is 296 g/mol. The molecule has 0 fully saturated rings. The Morgan fingerprint density at radius 1 is 1.40 bits per heavy atom. The molecule has 0 saturated heterocycles. The van der Waals surface area contributed by atoms with Gasteiger partial charge in [0.2, 0.25) is 0 Å². The molecule has 0 aliphatic carbocycles. The van der Waals surface area contributed by atoms with Gasteiger partial charge in [0.15, 0.2) is 5.11 Å². The van der Waals surface area contributed by atoms with E-state index in [2.05, 4.69) is 17.6 Å². The quantitative estimate of drug-likeness (QED) is 0.672. The molecular weight excluding hydrogens is 276 g/mol. The molecule has 0 heterocycles. The van der Waals surface area contributed by atoms with Crippen LogP contribution in [0.3, 0.4) is 0 Å². The third-order valence-electron chi connectivity index (χ3n) is 2.65. The fraction of sp³-hybridized carbons (Fsp3) is 0.429. The third kappa shape index (κ3) is 6.38. The Balaban J connectivity index is 2.40. The van der Waals surface area contributed by atoms with Crippen molar-refractivity contribution < 1.29 is 14.6 Å². The minimum absolute atomic E-state index is 0.0313. The van der Waals surface area contributed by atoms with E-state index in [1.807, 2.05) is 31.2 Å². The number of carbonyl (C=O) groups is 1.